The molecule has 3 rings (SSSR count). The lowest BCUT2D eigenvalue weighted by molar-refractivity contribution is -0.142. The summed E-state index contributed by atoms with van der Waals surface area (Å²) in [6.07, 6.45) is 5.54. The molecule has 1 fully saturated rings. The number of rotatable bonds is 8. The van der Waals surface area contributed by atoms with Gasteiger partial charge in [-0.15, -0.1) is 0 Å². The maximum atomic E-state index is 13.3. The van der Waals surface area contributed by atoms with E-state index in [0.29, 0.717) is 12.3 Å². The van der Waals surface area contributed by atoms with Gasteiger partial charge in [0.15, 0.2) is 6.61 Å². The minimum atomic E-state index is -0.585. The summed E-state index contributed by atoms with van der Waals surface area (Å²) in [7, 11) is 0. The first-order chi connectivity index (χ1) is 15.7. The Morgan fingerprint density at radius 2 is 1.67 bits per heavy atom. The summed E-state index contributed by atoms with van der Waals surface area (Å²) >= 11 is 3.56. The summed E-state index contributed by atoms with van der Waals surface area (Å²) in [5, 5.41) is 3.16. The quantitative estimate of drug-likeness (QED) is 0.497. The van der Waals surface area contributed by atoms with E-state index < -0.39 is 6.04 Å². The Morgan fingerprint density at radius 1 is 1.06 bits per heavy atom. The molecule has 0 saturated heterocycles. The highest BCUT2D eigenvalue weighted by Gasteiger charge is 2.28. The van der Waals surface area contributed by atoms with E-state index in [1.165, 1.54) is 6.42 Å². The monoisotopic (exact) mass is 514 g/mol. The van der Waals surface area contributed by atoms with Gasteiger partial charge < -0.3 is 15.0 Å². The zero-order valence-electron chi connectivity index (χ0n) is 20.1. The van der Waals surface area contributed by atoms with E-state index in [4.69, 9.17) is 4.74 Å². The lowest BCUT2D eigenvalue weighted by Gasteiger charge is -2.31. The molecule has 178 valence electrons. The lowest BCUT2D eigenvalue weighted by Crippen LogP contribution is -2.51. The highest BCUT2D eigenvalue weighted by molar-refractivity contribution is 9.10. The van der Waals surface area contributed by atoms with Gasteiger partial charge in [-0.25, -0.2) is 0 Å². The third kappa shape index (κ3) is 7.07. The predicted octanol–water partition coefficient (Wildman–Crippen LogP) is 5.62. The zero-order valence-corrected chi connectivity index (χ0v) is 21.7. The number of nitrogens with zero attached hydrogens (tertiary/aromatic N) is 1. The average molecular weight is 515 g/mol. The van der Waals surface area contributed by atoms with Crippen LogP contribution in [0.2, 0.25) is 0 Å². The van der Waals surface area contributed by atoms with Gasteiger partial charge in [-0.2, -0.15) is 0 Å². The van der Waals surface area contributed by atoms with Crippen LogP contribution in [0.4, 0.5) is 0 Å². The number of hydrogen-bond donors (Lipinski definition) is 1. The third-order valence-electron chi connectivity index (χ3n) is 6.36. The van der Waals surface area contributed by atoms with Crippen LogP contribution in [0.25, 0.3) is 0 Å². The van der Waals surface area contributed by atoms with Gasteiger partial charge in [-0.05, 0) is 69.4 Å². The molecule has 33 heavy (non-hydrogen) atoms. The van der Waals surface area contributed by atoms with Crippen molar-refractivity contribution in [1.82, 2.24) is 10.2 Å². The SMILES string of the molecule is Cc1ccc(CN(C(=O)COc2cc(C)c(Br)c(C)c2)[C@@H](C)C(=O)NC2CCCCC2)cc1. The van der Waals surface area contributed by atoms with Crippen molar-refractivity contribution in [1.29, 1.82) is 0 Å². The largest absolute Gasteiger partial charge is 0.484 e. The van der Waals surface area contributed by atoms with E-state index in [2.05, 4.69) is 21.2 Å². The van der Waals surface area contributed by atoms with Crippen LogP contribution in [0, 0.1) is 20.8 Å². The molecule has 0 radical (unpaired) electrons. The van der Waals surface area contributed by atoms with Crippen molar-refractivity contribution in [3.05, 3.63) is 63.1 Å². The Bertz CT molecular complexity index is 945. The molecule has 1 atom stereocenters. The number of aryl methyl sites for hydroxylation is 3. The molecular weight excluding hydrogens is 480 g/mol. The molecule has 0 bridgehead atoms. The Hall–Kier alpha value is -2.34. The van der Waals surface area contributed by atoms with E-state index in [-0.39, 0.29) is 24.5 Å². The second kappa shape index (κ2) is 11.7. The van der Waals surface area contributed by atoms with Crippen molar-refractivity contribution in [2.45, 2.75) is 78.4 Å². The molecular formula is C27H35BrN2O3. The van der Waals surface area contributed by atoms with Gasteiger partial charge in [0.1, 0.15) is 11.8 Å². The normalized spacial score (nSPS) is 15.1. The molecule has 2 amide bonds. The second-order valence-electron chi connectivity index (χ2n) is 9.19. The fourth-order valence-corrected chi connectivity index (χ4v) is 4.49. The van der Waals surface area contributed by atoms with Crippen LogP contribution in [0.5, 0.6) is 5.75 Å². The molecule has 0 spiro atoms. The molecule has 1 saturated carbocycles. The number of nitrogens with one attached hydrogen (secondary N) is 1. The summed E-state index contributed by atoms with van der Waals surface area (Å²) in [6, 6.07) is 11.5. The molecule has 0 heterocycles. The molecule has 5 nitrogen and oxygen atoms in total. The molecule has 0 aromatic heterocycles. The number of ether oxygens (including phenoxy) is 1. The molecule has 0 aliphatic heterocycles. The van der Waals surface area contributed by atoms with Crippen molar-refractivity contribution in [2.24, 2.45) is 0 Å². The summed E-state index contributed by atoms with van der Waals surface area (Å²) < 4.78 is 6.90. The Kier molecular flexibility index (Phi) is 8.95. The first-order valence-corrected chi connectivity index (χ1v) is 12.6. The molecule has 6 heteroatoms. The first-order valence-electron chi connectivity index (χ1n) is 11.8. The maximum absolute atomic E-state index is 13.3. The van der Waals surface area contributed by atoms with E-state index in [1.807, 2.05) is 57.2 Å². The molecule has 0 unspecified atom stereocenters. The number of carbonyl (C=O) groups is 2. The van der Waals surface area contributed by atoms with Crippen LogP contribution in [-0.4, -0.2) is 35.4 Å². The highest BCUT2D eigenvalue weighted by Crippen LogP contribution is 2.26. The van der Waals surface area contributed by atoms with Crippen molar-refractivity contribution >= 4 is 27.7 Å². The number of hydrogen-bond acceptors (Lipinski definition) is 3. The van der Waals surface area contributed by atoms with Crippen molar-refractivity contribution in [3.63, 3.8) is 0 Å². The fourth-order valence-electron chi connectivity index (χ4n) is 4.26. The average Bonchev–Trinajstić information content (AvgIpc) is 2.80. The first kappa shape index (κ1) is 25.3. The Morgan fingerprint density at radius 3 is 2.27 bits per heavy atom. The van der Waals surface area contributed by atoms with Gasteiger partial charge in [-0.1, -0.05) is 65.0 Å². The second-order valence-corrected chi connectivity index (χ2v) is 9.98. The van der Waals surface area contributed by atoms with Crippen LogP contribution >= 0.6 is 15.9 Å². The zero-order chi connectivity index (χ0) is 24.0. The molecule has 1 aliphatic rings. The van der Waals surface area contributed by atoms with E-state index >= 15 is 0 Å². The van der Waals surface area contributed by atoms with E-state index in [0.717, 1.165) is 52.4 Å². The number of benzene rings is 2. The maximum Gasteiger partial charge on any atom is 0.261 e. The van der Waals surface area contributed by atoms with Gasteiger partial charge in [0.2, 0.25) is 5.91 Å². The smallest absolute Gasteiger partial charge is 0.261 e. The van der Waals surface area contributed by atoms with Crippen LogP contribution in [0.15, 0.2) is 40.9 Å². The molecule has 2 aromatic carbocycles. The van der Waals surface area contributed by atoms with Gasteiger partial charge >= 0.3 is 0 Å². The van der Waals surface area contributed by atoms with Gasteiger partial charge in [-0.3, -0.25) is 9.59 Å². The Balaban J connectivity index is 1.72. The van der Waals surface area contributed by atoms with Crippen molar-refractivity contribution in [2.75, 3.05) is 6.61 Å². The minimum absolute atomic E-state index is 0.0994. The highest BCUT2D eigenvalue weighted by atomic mass is 79.9. The fraction of sp³-hybridized carbons (Fsp3) is 0.481. The number of amides is 2. The van der Waals surface area contributed by atoms with Crippen LogP contribution < -0.4 is 10.1 Å². The van der Waals surface area contributed by atoms with Crippen molar-refractivity contribution < 1.29 is 14.3 Å². The van der Waals surface area contributed by atoms with Crippen LogP contribution in [0.1, 0.15) is 61.3 Å². The summed E-state index contributed by atoms with van der Waals surface area (Å²) in [5.41, 5.74) is 4.24. The Labute approximate surface area is 206 Å². The molecule has 2 aromatic rings. The molecule has 1 aliphatic carbocycles. The van der Waals surface area contributed by atoms with Gasteiger partial charge in [0.25, 0.3) is 5.91 Å². The van der Waals surface area contributed by atoms with Crippen molar-refractivity contribution in [3.8, 4) is 5.75 Å². The topological polar surface area (TPSA) is 58.6 Å². The minimum Gasteiger partial charge on any atom is -0.484 e. The predicted molar refractivity (Wildman–Crippen MR) is 135 cm³/mol. The van der Waals surface area contributed by atoms with Crippen LogP contribution in [0.3, 0.4) is 0 Å². The summed E-state index contributed by atoms with van der Waals surface area (Å²) in [4.78, 5) is 28.0. The third-order valence-corrected chi connectivity index (χ3v) is 7.62. The standard InChI is InChI=1S/C27H35BrN2O3/c1-18-10-12-22(13-11-18)16-30(21(4)27(32)29-23-8-6-5-7-9-23)25(31)17-33-24-14-19(2)26(28)20(3)15-24/h10-15,21,23H,5-9,16-17H2,1-4H3,(H,29,32)/t21-/m0/s1. The lowest BCUT2D eigenvalue weighted by atomic mass is 9.95. The van der Waals surface area contributed by atoms with Crippen LogP contribution in [-0.2, 0) is 16.1 Å². The number of halogens is 1. The van der Waals surface area contributed by atoms with Gasteiger partial charge in [0.05, 0.1) is 0 Å². The summed E-state index contributed by atoms with van der Waals surface area (Å²) in [6.45, 7) is 8.06. The van der Waals surface area contributed by atoms with E-state index in [1.54, 1.807) is 11.8 Å². The van der Waals surface area contributed by atoms with Gasteiger partial charge in [0, 0.05) is 17.1 Å². The number of carbonyl (C=O) groups excluding carboxylic acids is 2. The summed E-state index contributed by atoms with van der Waals surface area (Å²) in [5.74, 6) is 0.342. The van der Waals surface area contributed by atoms with E-state index in [9.17, 15) is 9.59 Å². The molecule has 1 N–H and O–H groups in total.